The Morgan fingerprint density at radius 3 is 2.55 bits per heavy atom. The van der Waals surface area contributed by atoms with Crippen molar-refractivity contribution in [2.45, 2.75) is 6.92 Å². The normalized spacial score (nSPS) is 10.7. The quantitative estimate of drug-likeness (QED) is 0.622. The first-order valence-corrected chi connectivity index (χ1v) is 6.14. The number of benzene rings is 2. The molecule has 0 radical (unpaired) electrons. The van der Waals surface area contributed by atoms with E-state index in [1.807, 2.05) is 31.2 Å². The lowest BCUT2D eigenvalue weighted by molar-refractivity contribution is 0.405. The first kappa shape index (κ1) is 12.2. The van der Waals surface area contributed by atoms with Crippen molar-refractivity contribution in [3.05, 3.63) is 48.3 Å². The van der Waals surface area contributed by atoms with Gasteiger partial charge in [-0.3, -0.25) is 0 Å². The summed E-state index contributed by atoms with van der Waals surface area (Å²) in [6.07, 6.45) is 1.42. The van der Waals surface area contributed by atoms with E-state index in [-0.39, 0.29) is 11.5 Å². The Kier molecular flexibility index (Phi) is 2.87. The second-order valence-corrected chi connectivity index (χ2v) is 4.52. The van der Waals surface area contributed by atoms with Crippen LogP contribution < -0.4 is 5.32 Å². The molecular weight excluding hydrogens is 254 g/mol. The number of phenolic OH excluding ortho intramolecular Hbond substituents is 2. The van der Waals surface area contributed by atoms with E-state index in [0.717, 1.165) is 11.3 Å². The molecule has 1 heterocycles. The Labute approximate surface area is 115 Å². The van der Waals surface area contributed by atoms with E-state index in [0.29, 0.717) is 16.7 Å². The number of hydrogen-bond acceptors (Lipinski definition) is 5. The van der Waals surface area contributed by atoms with E-state index >= 15 is 0 Å². The molecule has 100 valence electrons. The molecule has 0 aliphatic carbocycles. The second kappa shape index (κ2) is 4.70. The van der Waals surface area contributed by atoms with Crippen LogP contribution in [-0.2, 0) is 0 Å². The van der Waals surface area contributed by atoms with Gasteiger partial charge in [0.25, 0.3) is 0 Å². The number of aromatic hydroxyl groups is 2. The summed E-state index contributed by atoms with van der Waals surface area (Å²) in [6, 6.07) is 10.7. The van der Waals surface area contributed by atoms with Gasteiger partial charge in [-0.1, -0.05) is 18.2 Å². The summed E-state index contributed by atoms with van der Waals surface area (Å²) < 4.78 is 0. The molecule has 3 aromatic rings. The predicted octanol–water partition coefficient (Wildman–Crippen LogP) is 3.09. The number of rotatable bonds is 2. The first-order valence-electron chi connectivity index (χ1n) is 6.14. The highest BCUT2D eigenvalue weighted by atomic mass is 16.3. The van der Waals surface area contributed by atoms with Gasteiger partial charge in [0.2, 0.25) is 0 Å². The van der Waals surface area contributed by atoms with Crippen molar-refractivity contribution >= 4 is 22.4 Å². The third-order valence-corrected chi connectivity index (χ3v) is 3.13. The lowest BCUT2D eigenvalue weighted by Crippen LogP contribution is -1.97. The number of anilines is 2. The minimum atomic E-state index is -0.196. The van der Waals surface area contributed by atoms with Crippen LogP contribution in [-0.4, -0.2) is 20.2 Å². The highest BCUT2D eigenvalue weighted by Crippen LogP contribution is 2.33. The fraction of sp³-hybridized carbons (Fsp3) is 0.0667. The van der Waals surface area contributed by atoms with Crippen LogP contribution in [0.1, 0.15) is 5.56 Å². The summed E-state index contributed by atoms with van der Waals surface area (Å²) >= 11 is 0. The van der Waals surface area contributed by atoms with Crippen molar-refractivity contribution in [3.8, 4) is 11.5 Å². The molecule has 0 spiro atoms. The first-order chi connectivity index (χ1) is 9.65. The van der Waals surface area contributed by atoms with Gasteiger partial charge >= 0.3 is 0 Å². The van der Waals surface area contributed by atoms with E-state index in [9.17, 15) is 10.2 Å². The molecule has 20 heavy (non-hydrogen) atoms. The van der Waals surface area contributed by atoms with E-state index in [1.54, 1.807) is 0 Å². The molecule has 0 fully saturated rings. The Bertz CT molecular complexity index is 787. The van der Waals surface area contributed by atoms with Gasteiger partial charge < -0.3 is 15.5 Å². The maximum Gasteiger partial charge on any atom is 0.159 e. The van der Waals surface area contributed by atoms with Gasteiger partial charge in [0.05, 0.1) is 5.52 Å². The minimum absolute atomic E-state index is 0.194. The van der Waals surface area contributed by atoms with Crippen molar-refractivity contribution < 1.29 is 10.2 Å². The molecule has 2 aromatic carbocycles. The molecule has 3 rings (SSSR count). The molecular formula is C15H13N3O2. The van der Waals surface area contributed by atoms with Crippen molar-refractivity contribution in [2.75, 3.05) is 5.32 Å². The number of aryl methyl sites for hydroxylation is 1. The lowest BCUT2D eigenvalue weighted by Gasteiger charge is -2.11. The Morgan fingerprint density at radius 1 is 1.00 bits per heavy atom. The van der Waals surface area contributed by atoms with Crippen LogP contribution in [0.15, 0.2) is 42.7 Å². The van der Waals surface area contributed by atoms with Crippen molar-refractivity contribution in [1.29, 1.82) is 0 Å². The molecule has 0 saturated carbocycles. The van der Waals surface area contributed by atoms with Crippen LogP contribution in [0.25, 0.3) is 10.9 Å². The number of fused-ring (bicyclic) bond motifs is 1. The molecule has 0 aliphatic heterocycles. The van der Waals surface area contributed by atoms with E-state index in [2.05, 4.69) is 15.3 Å². The van der Waals surface area contributed by atoms with Crippen LogP contribution in [0, 0.1) is 6.92 Å². The van der Waals surface area contributed by atoms with Crippen LogP contribution >= 0.6 is 0 Å². The fourth-order valence-corrected chi connectivity index (χ4v) is 2.02. The zero-order valence-electron chi connectivity index (χ0n) is 10.8. The van der Waals surface area contributed by atoms with Crippen molar-refractivity contribution in [1.82, 2.24) is 9.97 Å². The van der Waals surface area contributed by atoms with Gasteiger partial charge in [0.15, 0.2) is 11.5 Å². The fourth-order valence-electron chi connectivity index (χ4n) is 2.02. The highest BCUT2D eigenvalue weighted by Gasteiger charge is 2.09. The molecule has 5 nitrogen and oxygen atoms in total. The zero-order chi connectivity index (χ0) is 14.1. The summed E-state index contributed by atoms with van der Waals surface area (Å²) in [5, 5.41) is 23.0. The van der Waals surface area contributed by atoms with Crippen LogP contribution in [0.4, 0.5) is 11.5 Å². The number of hydrogen-bond donors (Lipinski definition) is 3. The Balaban J connectivity index is 2.12. The maximum absolute atomic E-state index is 9.63. The van der Waals surface area contributed by atoms with Crippen LogP contribution in [0.3, 0.4) is 0 Å². The minimum Gasteiger partial charge on any atom is -0.504 e. The average molecular weight is 267 g/mol. The molecule has 0 bridgehead atoms. The third-order valence-electron chi connectivity index (χ3n) is 3.13. The molecule has 3 N–H and O–H groups in total. The smallest absolute Gasteiger partial charge is 0.159 e. The van der Waals surface area contributed by atoms with Gasteiger partial charge in [-0.25, -0.2) is 9.97 Å². The average Bonchev–Trinajstić information content (AvgIpc) is 2.43. The van der Waals surface area contributed by atoms with E-state index < -0.39 is 0 Å². The number of nitrogens with one attached hydrogen (secondary N) is 1. The highest BCUT2D eigenvalue weighted by molar-refractivity contribution is 5.93. The van der Waals surface area contributed by atoms with Crippen molar-refractivity contribution in [3.63, 3.8) is 0 Å². The summed E-state index contributed by atoms with van der Waals surface area (Å²) in [5.41, 5.74) is 2.58. The molecule has 0 aliphatic rings. The molecule has 1 aromatic heterocycles. The van der Waals surface area contributed by atoms with Gasteiger partial charge in [-0.05, 0) is 24.6 Å². The third kappa shape index (κ3) is 2.09. The maximum atomic E-state index is 9.63. The van der Waals surface area contributed by atoms with Gasteiger partial charge in [-0.15, -0.1) is 0 Å². The van der Waals surface area contributed by atoms with Gasteiger partial charge in [0, 0.05) is 17.1 Å². The summed E-state index contributed by atoms with van der Waals surface area (Å²) in [5.74, 6) is 0.192. The second-order valence-electron chi connectivity index (χ2n) is 4.52. The summed E-state index contributed by atoms with van der Waals surface area (Å²) in [4.78, 5) is 8.28. The largest absolute Gasteiger partial charge is 0.504 e. The van der Waals surface area contributed by atoms with Crippen LogP contribution in [0.2, 0.25) is 0 Å². The summed E-state index contributed by atoms with van der Waals surface area (Å²) in [6.45, 7) is 2.00. The van der Waals surface area contributed by atoms with Crippen LogP contribution in [0.5, 0.6) is 11.5 Å². The predicted molar refractivity (Wildman–Crippen MR) is 77.3 cm³/mol. The van der Waals surface area contributed by atoms with E-state index in [1.165, 1.54) is 18.5 Å². The number of phenols is 2. The number of nitrogens with zero attached hydrogens (tertiary/aromatic N) is 2. The topological polar surface area (TPSA) is 78.3 Å². The van der Waals surface area contributed by atoms with Gasteiger partial charge in [-0.2, -0.15) is 0 Å². The monoisotopic (exact) mass is 267 g/mol. The van der Waals surface area contributed by atoms with Crippen molar-refractivity contribution in [2.24, 2.45) is 0 Å². The number of aromatic nitrogens is 2. The lowest BCUT2D eigenvalue weighted by atomic mass is 10.1. The Morgan fingerprint density at radius 2 is 1.75 bits per heavy atom. The Hall–Kier alpha value is -2.82. The van der Waals surface area contributed by atoms with Gasteiger partial charge in [0.1, 0.15) is 12.1 Å². The van der Waals surface area contributed by atoms with E-state index in [4.69, 9.17) is 0 Å². The molecule has 0 amide bonds. The molecule has 0 atom stereocenters. The molecule has 0 unspecified atom stereocenters. The molecule has 0 saturated heterocycles. The standard InChI is InChI=1S/C15H13N3O2/c1-9-4-2-3-5-11(9)18-15-10-6-13(19)14(20)7-12(10)16-8-17-15/h2-8,19-20H,1H3,(H,16,17,18). The SMILES string of the molecule is Cc1ccccc1Nc1ncnc2cc(O)c(O)cc12. The zero-order valence-corrected chi connectivity index (χ0v) is 10.8. The summed E-state index contributed by atoms with van der Waals surface area (Å²) in [7, 11) is 0. The number of para-hydroxylation sites is 1. The molecule has 5 heteroatoms.